The molecule has 0 aliphatic heterocycles. The lowest BCUT2D eigenvalue weighted by Gasteiger charge is -2.18. The van der Waals surface area contributed by atoms with Gasteiger partial charge in [0.15, 0.2) is 0 Å². The van der Waals surface area contributed by atoms with E-state index in [2.05, 4.69) is 16.4 Å². The maximum absolute atomic E-state index is 8.93. The Bertz CT molecular complexity index is 271. The lowest BCUT2D eigenvalue weighted by molar-refractivity contribution is 0.449. The molecule has 2 N–H and O–H groups in total. The lowest BCUT2D eigenvalue weighted by atomic mass is 9.94. The van der Waals surface area contributed by atoms with Gasteiger partial charge in [0, 0.05) is 18.4 Å². The summed E-state index contributed by atoms with van der Waals surface area (Å²) in [5, 5.41) is 12.1. The first-order valence-electron chi connectivity index (χ1n) is 4.53. The highest BCUT2D eigenvalue weighted by molar-refractivity contribution is 5.17. The highest BCUT2D eigenvalue weighted by Gasteiger charge is 2.19. The molecule has 0 bridgehead atoms. The van der Waals surface area contributed by atoms with Crippen molar-refractivity contribution in [1.29, 1.82) is 5.26 Å². The molecule has 0 saturated carbocycles. The Hall–Kier alpha value is -1.27. The number of nitriles is 1. The van der Waals surface area contributed by atoms with Crippen LogP contribution in [0.3, 0.4) is 0 Å². The number of rotatable bonds is 4. The van der Waals surface area contributed by atoms with Gasteiger partial charge >= 0.3 is 0 Å². The van der Waals surface area contributed by atoms with Gasteiger partial charge in [-0.2, -0.15) is 5.26 Å². The molecule has 1 rings (SSSR count). The third kappa shape index (κ3) is 2.10. The number of nitrogens with one attached hydrogen (secondary N) is 2. The Balaban J connectivity index is 2.79. The van der Waals surface area contributed by atoms with Crippen molar-refractivity contribution in [3.8, 4) is 6.07 Å². The summed E-state index contributed by atoms with van der Waals surface area (Å²) in [6, 6.07) is 4.46. The van der Waals surface area contributed by atoms with Crippen molar-refractivity contribution in [2.75, 3.05) is 7.05 Å². The summed E-state index contributed by atoms with van der Waals surface area (Å²) in [6.07, 6.45) is 4.68. The van der Waals surface area contributed by atoms with Crippen molar-refractivity contribution < 1.29 is 0 Å². The number of aromatic amines is 1. The fourth-order valence-electron chi connectivity index (χ4n) is 1.53. The predicted octanol–water partition coefficient (Wildman–Crippen LogP) is 1.82. The molecule has 0 aliphatic rings. The van der Waals surface area contributed by atoms with Crippen molar-refractivity contribution in [3.05, 3.63) is 24.0 Å². The zero-order chi connectivity index (χ0) is 9.68. The predicted molar refractivity (Wildman–Crippen MR) is 52.0 cm³/mol. The van der Waals surface area contributed by atoms with Crippen molar-refractivity contribution in [1.82, 2.24) is 10.3 Å². The molecule has 0 aromatic carbocycles. The van der Waals surface area contributed by atoms with E-state index < -0.39 is 0 Å². The van der Waals surface area contributed by atoms with Gasteiger partial charge in [0.2, 0.25) is 0 Å². The molecular weight excluding hydrogens is 162 g/mol. The van der Waals surface area contributed by atoms with Crippen LogP contribution in [0, 0.1) is 17.2 Å². The summed E-state index contributed by atoms with van der Waals surface area (Å²) in [4.78, 5) is 3.00. The first kappa shape index (κ1) is 9.82. The molecule has 70 valence electrons. The largest absolute Gasteiger partial charge is 0.367 e. The third-order valence-electron chi connectivity index (χ3n) is 2.30. The maximum Gasteiger partial charge on any atom is 0.0675 e. The van der Waals surface area contributed by atoms with Crippen LogP contribution in [0.4, 0.5) is 0 Å². The number of H-pyrrole nitrogens is 1. The van der Waals surface area contributed by atoms with Gasteiger partial charge in [0.25, 0.3) is 0 Å². The van der Waals surface area contributed by atoms with Crippen molar-refractivity contribution in [3.63, 3.8) is 0 Å². The zero-order valence-electron chi connectivity index (χ0n) is 8.04. The Morgan fingerprint density at radius 1 is 1.69 bits per heavy atom. The van der Waals surface area contributed by atoms with Crippen molar-refractivity contribution >= 4 is 0 Å². The Morgan fingerprint density at radius 2 is 2.46 bits per heavy atom. The van der Waals surface area contributed by atoms with Crippen LogP contribution >= 0.6 is 0 Å². The molecule has 1 aromatic heterocycles. The van der Waals surface area contributed by atoms with Gasteiger partial charge < -0.3 is 10.3 Å². The van der Waals surface area contributed by atoms with Crippen LogP contribution < -0.4 is 5.32 Å². The van der Waals surface area contributed by atoms with Crippen LogP contribution in [0.1, 0.15) is 24.9 Å². The molecule has 1 heterocycles. The van der Waals surface area contributed by atoms with Gasteiger partial charge in [0.05, 0.1) is 12.0 Å². The van der Waals surface area contributed by atoms with Crippen LogP contribution in [0.5, 0.6) is 0 Å². The fraction of sp³-hybridized carbons (Fsp3) is 0.500. The van der Waals surface area contributed by atoms with Crippen LogP contribution in [0.2, 0.25) is 0 Å². The van der Waals surface area contributed by atoms with E-state index in [0.29, 0.717) is 0 Å². The molecule has 3 nitrogen and oxygen atoms in total. The van der Waals surface area contributed by atoms with Gasteiger partial charge in [-0.05, 0) is 25.1 Å². The van der Waals surface area contributed by atoms with E-state index in [0.717, 1.165) is 12.0 Å². The Kier molecular flexibility index (Phi) is 3.53. The van der Waals surface area contributed by atoms with Crippen molar-refractivity contribution in [2.45, 2.75) is 19.4 Å². The Morgan fingerprint density at radius 3 is 2.85 bits per heavy atom. The van der Waals surface area contributed by atoms with Gasteiger partial charge in [0.1, 0.15) is 0 Å². The molecule has 0 radical (unpaired) electrons. The zero-order valence-corrected chi connectivity index (χ0v) is 8.04. The number of hydrogen-bond acceptors (Lipinski definition) is 2. The highest BCUT2D eigenvalue weighted by Crippen LogP contribution is 2.23. The first-order chi connectivity index (χ1) is 6.33. The van der Waals surface area contributed by atoms with E-state index in [1.165, 1.54) is 0 Å². The van der Waals surface area contributed by atoms with E-state index >= 15 is 0 Å². The lowest BCUT2D eigenvalue weighted by Crippen LogP contribution is -2.23. The monoisotopic (exact) mass is 177 g/mol. The highest BCUT2D eigenvalue weighted by atomic mass is 14.9. The molecule has 0 spiro atoms. The van der Waals surface area contributed by atoms with E-state index in [1.54, 1.807) is 0 Å². The summed E-state index contributed by atoms with van der Waals surface area (Å²) in [5.74, 6) is 0.0424. The normalized spacial score (nSPS) is 14.8. The summed E-state index contributed by atoms with van der Waals surface area (Å²) >= 11 is 0. The second-order valence-electron chi connectivity index (χ2n) is 3.05. The summed E-state index contributed by atoms with van der Waals surface area (Å²) in [7, 11) is 1.89. The smallest absolute Gasteiger partial charge is 0.0675 e. The minimum absolute atomic E-state index is 0.0424. The molecular formula is C10H15N3. The molecule has 1 aromatic rings. The van der Waals surface area contributed by atoms with E-state index in [4.69, 9.17) is 5.26 Å². The minimum Gasteiger partial charge on any atom is -0.367 e. The van der Waals surface area contributed by atoms with Crippen LogP contribution in [0.25, 0.3) is 0 Å². The van der Waals surface area contributed by atoms with Crippen LogP contribution in [-0.4, -0.2) is 12.0 Å². The number of nitrogens with zero attached hydrogens (tertiary/aromatic N) is 1. The standard InChI is InChI=1S/C10H15N3/c1-3-8(6-11)10(12-2)9-4-5-13-7-9/h4-5,7-8,10,12-13H,3H2,1-2H3. The first-order valence-corrected chi connectivity index (χ1v) is 4.53. The molecule has 0 amide bonds. The quantitative estimate of drug-likeness (QED) is 0.737. The Labute approximate surface area is 78.8 Å². The average molecular weight is 177 g/mol. The van der Waals surface area contributed by atoms with E-state index in [1.807, 2.05) is 32.4 Å². The topological polar surface area (TPSA) is 51.6 Å². The molecule has 0 aliphatic carbocycles. The summed E-state index contributed by atoms with van der Waals surface area (Å²) in [6.45, 7) is 2.03. The molecule has 0 saturated heterocycles. The molecule has 2 unspecified atom stereocenters. The SMILES string of the molecule is CCC(C#N)C(NC)c1cc[nH]c1. The fourth-order valence-corrected chi connectivity index (χ4v) is 1.53. The second kappa shape index (κ2) is 4.68. The average Bonchev–Trinajstić information content (AvgIpc) is 2.66. The van der Waals surface area contributed by atoms with E-state index in [9.17, 15) is 0 Å². The number of aromatic nitrogens is 1. The molecule has 13 heavy (non-hydrogen) atoms. The molecule has 0 fully saturated rings. The number of hydrogen-bond donors (Lipinski definition) is 2. The van der Waals surface area contributed by atoms with Gasteiger partial charge in [-0.1, -0.05) is 6.92 Å². The maximum atomic E-state index is 8.93. The summed E-state index contributed by atoms with van der Waals surface area (Å²) in [5.41, 5.74) is 1.15. The van der Waals surface area contributed by atoms with Gasteiger partial charge in [-0.25, -0.2) is 0 Å². The van der Waals surface area contributed by atoms with Crippen LogP contribution in [-0.2, 0) is 0 Å². The molecule has 2 atom stereocenters. The van der Waals surface area contributed by atoms with Gasteiger partial charge in [-0.15, -0.1) is 0 Å². The second-order valence-corrected chi connectivity index (χ2v) is 3.05. The van der Waals surface area contributed by atoms with Gasteiger partial charge in [-0.3, -0.25) is 0 Å². The third-order valence-corrected chi connectivity index (χ3v) is 2.30. The molecule has 3 heteroatoms. The minimum atomic E-state index is 0.0424. The summed E-state index contributed by atoms with van der Waals surface area (Å²) < 4.78 is 0. The van der Waals surface area contributed by atoms with Crippen molar-refractivity contribution in [2.24, 2.45) is 5.92 Å². The van der Waals surface area contributed by atoms with E-state index in [-0.39, 0.29) is 12.0 Å². The van der Waals surface area contributed by atoms with Crippen LogP contribution in [0.15, 0.2) is 18.5 Å².